The molecule has 0 radical (unpaired) electrons. The number of thiophene rings is 1. The lowest BCUT2D eigenvalue weighted by atomic mass is 9.94. The van der Waals surface area contributed by atoms with Crippen molar-refractivity contribution in [2.45, 2.75) is 96.6 Å². The van der Waals surface area contributed by atoms with Gasteiger partial charge in [0.05, 0.1) is 22.0 Å². The topological polar surface area (TPSA) is 52.1 Å². The van der Waals surface area contributed by atoms with Crippen LogP contribution in [0.4, 0.5) is 0 Å². The number of benzene rings is 1. The Balaban J connectivity index is -0.000000563. The predicted molar refractivity (Wildman–Crippen MR) is 154 cm³/mol. The van der Waals surface area contributed by atoms with Gasteiger partial charge in [-0.3, -0.25) is 4.79 Å². The molecule has 0 spiro atoms. The summed E-state index contributed by atoms with van der Waals surface area (Å²) in [6.07, 6.45) is 4.91. The van der Waals surface area contributed by atoms with Crippen LogP contribution in [0.5, 0.6) is 5.88 Å². The summed E-state index contributed by atoms with van der Waals surface area (Å²) < 4.78 is 5.81. The fourth-order valence-electron chi connectivity index (χ4n) is 3.54. The van der Waals surface area contributed by atoms with Crippen LogP contribution in [0, 0.1) is 11.8 Å². The Morgan fingerprint density at radius 3 is 1.91 bits per heavy atom. The van der Waals surface area contributed by atoms with Gasteiger partial charge in [-0.25, -0.2) is 9.97 Å². The molecule has 5 heteroatoms. The van der Waals surface area contributed by atoms with E-state index in [1.807, 2.05) is 69.5 Å². The van der Waals surface area contributed by atoms with E-state index in [1.165, 1.54) is 12.8 Å². The third kappa shape index (κ3) is 9.54. The molecule has 0 bridgehead atoms. The first-order chi connectivity index (χ1) is 14.0. The average Bonchev–Trinajstić information content (AvgIpc) is 3.41. The first kappa shape index (κ1) is 36.3. The molecule has 34 heavy (non-hydrogen) atoms. The monoisotopic (exact) mass is 490 g/mol. The number of para-hydroxylation sites is 2. The van der Waals surface area contributed by atoms with E-state index in [1.54, 1.807) is 11.3 Å². The van der Waals surface area contributed by atoms with Crippen LogP contribution < -0.4 is 4.74 Å². The van der Waals surface area contributed by atoms with E-state index in [2.05, 4.69) is 4.98 Å². The molecular weight excluding hydrogens is 440 g/mol. The Hall–Kier alpha value is -2.27. The van der Waals surface area contributed by atoms with Crippen molar-refractivity contribution < 1.29 is 9.53 Å². The standard InChI is InChI=1S/C15H14N2OS.C9H16O.5CH4/c1-10(2)18-15-14(13-8-5-9-19-13)16-11-6-3-4-7-12(11)17-15;1-7(2)9(10)8-5-3-4-6-8;;;;;/h3-10H,1-2H3;7-8H,3-6H2,1-2H3;5*1H4. The number of carbonyl (C=O) groups excluding carboxylic acids is 1. The van der Waals surface area contributed by atoms with Crippen molar-refractivity contribution in [2.75, 3.05) is 0 Å². The fraction of sp³-hybridized carbons (Fsp3) is 0.552. The second-order valence-corrected chi connectivity index (χ2v) is 9.00. The highest BCUT2D eigenvalue weighted by molar-refractivity contribution is 7.13. The van der Waals surface area contributed by atoms with Crippen LogP contribution in [0.1, 0.15) is 90.5 Å². The molecule has 3 aromatic rings. The van der Waals surface area contributed by atoms with Gasteiger partial charge in [-0.15, -0.1) is 11.3 Å². The Morgan fingerprint density at radius 1 is 0.882 bits per heavy atom. The molecule has 0 aliphatic heterocycles. The van der Waals surface area contributed by atoms with Crippen LogP contribution in [-0.2, 0) is 4.79 Å². The minimum absolute atomic E-state index is 0. The Bertz CT molecular complexity index is 930. The summed E-state index contributed by atoms with van der Waals surface area (Å²) in [4.78, 5) is 21.7. The molecule has 1 aromatic carbocycles. The molecule has 4 nitrogen and oxygen atoms in total. The summed E-state index contributed by atoms with van der Waals surface area (Å²) in [7, 11) is 0. The largest absolute Gasteiger partial charge is 0.473 e. The van der Waals surface area contributed by atoms with Crippen LogP contribution in [-0.4, -0.2) is 21.9 Å². The molecule has 1 saturated carbocycles. The number of hydrogen-bond acceptors (Lipinski definition) is 5. The summed E-state index contributed by atoms with van der Waals surface area (Å²) in [5, 5.41) is 2.03. The maximum absolute atomic E-state index is 11.3. The number of carbonyl (C=O) groups is 1. The van der Waals surface area contributed by atoms with E-state index in [0.717, 1.165) is 34.4 Å². The Morgan fingerprint density at radius 2 is 1.44 bits per heavy atom. The highest BCUT2D eigenvalue weighted by Gasteiger charge is 2.24. The lowest BCUT2D eigenvalue weighted by Gasteiger charge is -2.12. The van der Waals surface area contributed by atoms with E-state index < -0.39 is 0 Å². The van der Waals surface area contributed by atoms with Gasteiger partial charge < -0.3 is 4.74 Å². The van der Waals surface area contributed by atoms with Crippen molar-refractivity contribution in [1.82, 2.24) is 9.97 Å². The van der Waals surface area contributed by atoms with Crippen LogP contribution in [0.15, 0.2) is 41.8 Å². The van der Waals surface area contributed by atoms with Crippen molar-refractivity contribution in [3.05, 3.63) is 41.8 Å². The van der Waals surface area contributed by atoms with Crippen LogP contribution in [0.3, 0.4) is 0 Å². The maximum Gasteiger partial charge on any atom is 0.242 e. The van der Waals surface area contributed by atoms with Gasteiger partial charge in [0.1, 0.15) is 11.5 Å². The van der Waals surface area contributed by atoms with Crippen molar-refractivity contribution in [1.29, 1.82) is 0 Å². The molecule has 4 rings (SSSR count). The Kier molecular flexibility index (Phi) is 18.4. The van der Waals surface area contributed by atoms with Gasteiger partial charge >= 0.3 is 0 Å². The predicted octanol–water partition coefficient (Wildman–Crippen LogP) is 9.73. The molecule has 0 N–H and O–H groups in total. The van der Waals surface area contributed by atoms with Crippen molar-refractivity contribution >= 4 is 28.2 Å². The molecule has 0 unspecified atom stereocenters. The van der Waals surface area contributed by atoms with Gasteiger partial charge in [-0.1, -0.05) is 82.0 Å². The number of ketones is 1. The summed E-state index contributed by atoms with van der Waals surface area (Å²) in [5.74, 6) is 1.76. The van der Waals surface area contributed by atoms with Crippen LogP contribution in [0.25, 0.3) is 21.6 Å². The number of ether oxygens (including phenoxy) is 1. The zero-order chi connectivity index (χ0) is 20.8. The van der Waals surface area contributed by atoms with E-state index >= 15 is 0 Å². The van der Waals surface area contributed by atoms with Gasteiger partial charge in [0.25, 0.3) is 0 Å². The lowest BCUT2D eigenvalue weighted by molar-refractivity contribution is -0.125. The molecule has 1 aliphatic carbocycles. The zero-order valence-corrected chi connectivity index (χ0v) is 18.5. The maximum atomic E-state index is 11.3. The number of fused-ring (bicyclic) bond motifs is 1. The number of nitrogens with zero attached hydrogens (tertiary/aromatic N) is 2. The molecule has 1 aliphatic rings. The molecule has 0 saturated heterocycles. The number of Topliss-reactive ketones (excluding diaryl/α,β-unsaturated/α-hetero) is 1. The highest BCUT2D eigenvalue weighted by atomic mass is 32.1. The smallest absolute Gasteiger partial charge is 0.242 e. The summed E-state index contributed by atoms with van der Waals surface area (Å²) in [6.45, 7) is 7.99. The van der Waals surface area contributed by atoms with Gasteiger partial charge in [0.2, 0.25) is 5.88 Å². The quantitative estimate of drug-likeness (QED) is 0.357. The second kappa shape index (κ2) is 17.2. The normalized spacial score (nSPS) is 12.2. The van der Waals surface area contributed by atoms with Crippen molar-refractivity contribution in [2.24, 2.45) is 11.8 Å². The Labute approximate surface area is 214 Å². The van der Waals surface area contributed by atoms with Gasteiger partial charge in [-0.05, 0) is 50.3 Å². The summed E-state index contributed by atoms with van der Waals surface area (Å²) in [5.41, 5.74) is 2.57. The minimum atomic E-state index is 0. The molecule has 1 fully saturated rings. The molecule has 0 atom stereocenters. The van der Waals surface area contributed by atoms with Gasteiger partial charge in [0.15, 0.2) is 0 Å². The fourth-order valence-corrected chi connectivity index (χ4v) is 4.25. The summed E-state index contributed by atoms with van der Waals surface area (Å²) >= 11 is 1.64. The van der Waals surface area contributed by atoms with E-state index in [0.29, 0.717) is 17.6 Å². The minimum Gasteiger partial charge on any atom is -0.473 e. The number of aromatic nitrogens is 2. The second-order valence-electron chi connectivity index (χ2n) is 8.05. The molecule has 2 aromatic heterocycles. The van der Waals surface area contributed by atoms with Gasteiger partial charge in [-0.2, -0.15) is 0 Å². The molecular formula is C29H50N2O2S. The van der Waals surface area contributed by atoms with Gasteiger partial charge in [0, 0.05) is 11.8 Å². The lowest BCUT2D eigenvalue weighted by Crippen LogP contribution is -2.16. The SMILES string of the molecule is C.C.C.C.C.CC(C)C(=O)C1CCCC1.CC(C)Oc1nc2ccccc2nc1-c1cccs1. The first-order valence-corrected chi connectivity index (χ1v) is 11.3. The van der Waals surface area contributed by atoms with Crippen LogP contribution in [0.2, 0.25) is 0 Å². The van der Waals surface area contributed by atoms with Crippen LogP contribution >= 0.6 is 11.3 Å². The van der Waals surface area contributed by atoms with E-state index in [9.17, 15) is 4.79 Å². The third-order valence-electron chi connectivity index (χ3n) is 4.97. The number of hydrogen-bond donors (Lipinski definition) is 0. The molecule has 2 heterocycles. The van der Waals surface area contributed by atoms with E-state index in [4.69, 9.17) is 9.72 Å². The third-order valence-corrected chi connectivity index (χ3v) is 5.84. The highest BCUT2D eigenvalue weighted by Crippen LogP contribution is 2.32. The van der Waals surface area contributed by atoms with Crippen molar-refractivity contribution in [3.63, 3.8) is 0 Å². The number of rotatable bonds is 5. The molecule has 194 valence electrons. The molecule has 0 amide bonds. The summed E-state index contributed by atoms with van der Waals surface area (Å²) in [6, 6.07) is 11.9. The zero-order valence-electron chi connectivity index (χ0n) is 17.7. The average molecular weight is 491 g/mol. The van der Waals surface area contributed by atoms with Crippen molar-refractivity contribution in [3.8, 4) is 16.5 Å². The van der Waals surface area contributed by atoms with E-state index in [-0.39, 0.29) is 49.2 Å². The first-order valence-electron chi connectivity index (χ1n) is 10.5.